The maximum Gasteiger partial charge on any atom is -0.00915 e. The number of aryl methyl sites for hydroxylation is 2. The molecule has 0 spiro atoms. The average Bonchev–Trinajstić information content (AvgIpc) is 2.41. The number of benzene rings is 2. The number of rotatable bonds is 4. The van der Waals surface area contributed by atoms with Crippen LogP contribution in [0.5, 0.6) is 0 Å². The average molecular weight is 248 g/mol. The Balaban J connectivity index is 2.06. The van der Waals surface area contributed by atoms with Gasteiger partial charge in [0.25, 0.3) is 0 Å². The van der Waals surface area contributed by atoms with E-state index in [1.165, 1.54) is 22.3 Å². The van der Waals surface area contributed by atoms with Crippen LogP contribution >= 0.6 is 0 Å². The Kier molecular flexibility index (Phi) is 4.35. The Labute approximate surface area is 116 Å². The molecule has 0 aliphatic rings. The van der Waals surface area contributed by atoms with E-state index in [4.69, 9.17) is 0 Å². The molecule has 19 heavy (non-hydrogen) atoms. The third-order valence-corrected chi connectivity index (χ3v) is 3.41. The lowest BCUT2D eigenvalue weighted by Crippen LogP contribution is -1.87. The highest BCUT2D eigenvalue weighted by Crippen LogP contribution is 2.18. The second-order valence-corrected chi connectivity index (χ2v) is 4.87. The van der Waals surface area contributed by atoms with Gasteiger partial charge in [0.05, 0.1) is 0 Å². The summed E-state index contributed by atoms with van der Waals surface area (Å²) in [5, 5.41) is 0. The van der Waals surface area contributed by atoms with Gasteiger partial charge >= 0.3 is 0 Å². The lowest BCUT2D eigenvalue weighted by Gasteiger charge is -2.05. The van der Waals surface area contributed by atoms with Crippen LogP contribution < -0.4 is 0 Å². The smallest absolute Gasteiger partial charge is 0.00915 e. The normalized spacial score (nSPS) is 10.8. The molecule has 0 aromatic heterocycles. The second-order valence-electron chi connectivity index (χ2n) is 4.87. The number of hydrogen-bond donors (Lipinski definition) is 0. The van der Waals surface area contributed by atoms with Gasteiger partial charge in [0.2, 0.25) is 0 Å². The van der Waals surface area contributed by atoms with E-state index in [9.17, 15) is 0 Å². The summed E-state index contributed by atoms with van der Waals surface area (Å²) in [7, 11) is 0. The van der Waals surface area contributed by atoms with Crippen LogP contribution in [0.4, 0.5) is 0 Å². The fourth-order valence-electron chi connectivity index (χ4n) is 2.19. The minimum absolute atomic E-state index is 0.956. The van der Waals surface area contributed by atoms with E-state index in [2.05, 4.69) is 81.1 Å². The molecular weight excluding hydrogens is 228 g/mol. The molecular formula is C19H20. The van der Waals surface area contributed by atoms with Crippen molar-refractivity contribution in [3.63, 3.8) is 0 Å². The third kappa shape index (κ3) is 3.45. The molecule has 0 heterocycles. The first-order valence-electron chi connectivity index (χ1n) is 6.64. The molecule has 0 bridgehead atoms. The van der Waals surface area contributed by atoms with Crippen molar-refractivity contribution in [2.75, 3.05) is 0 Å². The Morgan fingerprint density at radius 1 is 0.947 bits per heavy atom. The van der Waals surface area contributed by atoms with E-state index in [0.717, 1.165) is 12.0 Å². The molecule has 2 aromatic rings. The van der Waals surface area contributed by atoms with Gasteiger partial charge in [-0.2, -0.15) is 0 Å². The Hall–Kier alpha value is -2.08. The van der Waals surface area contributed by atoms with Crippen LogP contribution in [-0.4, -0.2) is 0 Å². The SMILES string of the molecule is C=C(/C=C\Cc1ccccc1C)c1ccccc1C. The minimum Gasteiger partial charge on any atom is -0.0912 e. The van der Waals surface area contributed by atoms with Gasteiger partial charge < -0.3 is 0 Å². The first-order valence-corrected chi connectivity index (χ1v) is 6.64. The van der Waals surface area contributed by atoms with Gasteiger partial charge in [-0.25, -0.2) is 0 Å². The standard InChI is InChI=1S/C19H20/c1-15-9-4-6-12-18(15)13-8-11-17(3)19-14-7-5-10-16(19)2/h4-12,14H,3,13H2,1-2H3/b11-8-. The molecule has 0 unspecified atom stereocenters. The van der Waals surface area contributed by atoms with Gasteiger partial charge in [0.15, 0.2) is 0 Å². The largest absolute Gasteiger partial charge is 0.0912 e. The van der Waals surface area contributed by atoms with Crippen molar-refractivity contribution in [2.45, 2.75) is 20.3 Å². The fourth-order valence-corrected chi connectivity index (χ4v) is 2.19. The lowest BCUT2D eigenvalue weighted by molar-refractivity contribution is 1.21. The summed E-state index contributed by atoms with van der Waals surface area (Å²) < 4.78 is 0. The zero-order chi connectivity index (χ0) is 13.7. The molecule has 2 aromatic carbocycles. The Bertz CT molecular complexity index is 603. The van der Waals surface area contributed by atoms with Crippen LogP contribution in [0.3, 0.4) is 0 Å². The zero-order valence-corrected chi connectivity index (χ0v) is 11.7. The molecule has 2 rings (SSSR count). The van der Waals surface area contributed by atoms with Gasteiger partial charge in [0, 0.05) is 0 Å². The number of hydrogen-bond acceptors (Lipinski definition) is 0. The lowest BCUT2D eigenvalue weighted by atomic mass is 10.0. The first kappa shape index (κ1) is 13.4. The number of allylic oxidation sites excluding steroid dienone is 3. The molecule has 0 atom stereocenters. The van der Waals surface area contributed by atoms with Crippen LogP contribution in [-0.2, 0) is 6.42 Å². The van der Waals surface area contributed by atoms with E-state index in [-0.39, 0.29) is 0 Å². The van der Waals surface area contributed by atoms with Crippen molar-refractivity contribution < 1.29 is 0 Å². The van der Waals surface area contributed by atoms with Crippen LogP contribution in [0.1, 0.15) is 22.3 Å². The summed E-state index contributed by atoms with van der Waals surface area (Å²) >= 11 is 0. The molecule has 0 saturated heterocycles. The van der Waals surface area contributed by atoms with E-state index in [1.54, 1.807) is 0 Å². The molecule has 0 radical (unpaired) electrons. The van der Waals surface area contributed by atoms with Gasteiger partial charge in [-0.1, -0.05) is 67.3 Å². The predicted octanol–water partition coefficient (Wildman–Crippen LogP) is 5.12. The molecule has 0 N–H and O–H groups in total. The van der Waals surface area contributed by atoms with Crippen LogP contribution in [0.2, 0.25) is 0 Å². The van der Waals surface area contributed by atoms with Gasteiger partial charge in [-0.05, 0) is 48.1 Å². The highest BCUT2D eigenvalue weighted by molar-refractivity contribution is 5.73. The monoisotopic (exact) mass is 248 g/mol. The summed E-state index contributed by atoms with van der Waals surface area (Å²) in [5.41, 5.74) is 6.29. The highest BCUT2D eigenvalue weighted by atomic mass is 14.0. The van der Waals surface area contributed by atoms with Crippen molar-refractivity contribution in [3.8, 4) is 0 Å². The summed E-state index contributed by atoms with van der Waals surface area (Å²) in [6, 6.07) is 16.9. The Morgan fingerprint density at radius 2 is 1.58 bits per heavy atom. The van der Waals surface area contributed by atoms with Crippen molar-refractivity contribution >= 4 is 5.57 Å². The third-order valence-electron chi connectivity index (χ3n) is 3.41. The van der Waals surface area contributed by atoms with E-state index in [1.807, 2.05) is 0 Å². The van der Waals surface area contributed by atoms with Gasteiger partial charge in [0.1, 0.15) is 0 Å². The highest BCUT2D eigenvalue weighted by Gasteiger charge is 1.98. The minimum atomic E-state index is 0.956. The van der Waals surface area contributed by atoms with E-state index < -0.39 is 0 Å². The molecule has 96 valence electrons. The molecule has 0 aliphatic heterocycles. The first-order chi connectivity index (χ1) is 9.18. The molecule has 0 saturated carbocycles. The van der Waals surface area contributed by atoms with Crippen LogP contribution in [0.15, 0.2) is 67.3 Å². The predicted molar refractivity (Wildman–Crippen MR) is 84.2 cm³/mol. The van der Waals surface area contributed by atoms with E-state index in [0.29, 0.717) is 0 Å². The van der Waals surface area contributed by atoms with Crippen molar-refractivity contribution in [2.24, 2.45) is 0 Å². The summed E-state index contributed by atoms with van der Waals surface area (Å²) in [6.45, 7) is 8.43. The zero-order valence-electron chi connectivity index (χ0n) is 11.7. The van der Waals surface area contributed by atoms with Gasteiger partial charge in [-0.15, -0.1) is 0 Å². The van der Waals surface area contributed by atoms with E-state index >= 15 is 0 Å². The Morgan fingerprint density at radius 3 is 2.26 bits per heavy atom. The van der Waals surface area contributed by atoms with Crippen molar-refractivity contribution in [3.05, 3.63) is 89.5 Å². The fraction of sp³-hybridized carbons (Fsp3) is 0.158. The molecule has 0 aliphatic carbocycles. The maximum absolute atomic E-state index is 4.15. The van der Waals surface area contributed by atoms with Gasteiger partial charge in [-0.3, -0.25) is 0 Å². The summed E-state index contributed by atoms with van der Waals surface area (Å²) in [5.74, 6) is 0. The quantitative estimate of drug-likeness (QED) is 0.659. The molecule has 0 amide bonds. The topological polar surface area (TPSA) is 0 Å². The maximum atomic E-state index is 4.15. The molecule has 0 fully saturated rings. The second kappa shape index (κ2) is 6.19. The summed E-state index contributed by atoms with van der Waals surface area (Å²) in [6.07, 6.45) is 5.27. The van der Waals surface area contributed by atoms with Crippen LogP contribution in [0, 0.1) is 13.8 Å². The summed E-state index contributed by atoms with van der Waals surface area (Å²) in [4.78, 5) is 0. The van der Waals surface area contributed by atoms with Crippen molar-refractivity contribution in [1.29, 1.82) is 0 Å². The molecule has 0 heteroatoms. The van der Waals surface area contributed by atoms with Crippen LogP contribution in [0.25, 0.3) is 5.57 Å². The van der Waals surface area contributed by atoms with Crippen molar-refractivity contribution in [1.82, 2.24) is 0 Å². The molecule has 0 nitrogen and oxygen atoms in total.